The number of aromatic nitrogens is 2. The maximum atomic E-state index is 13.5. The van der Waals surface area contributed by atoms with Gasteiger partial charge in [0.25, 0.3) is 5.69 Å². The van der Waals surface area contributed by atoms with Crippen molar-refractivity contribution in [2.45, 2.75) is 13.3 Å². The van der Waals surface area contributed by atoms with E-state index >= 15 is 0 Å². The topological polar surface area (TPSA) is 98.6 Å². The van der Waals surface area contributed by atoms with Gasteiger partial charge >= 0.3 is 12.0 Å². The summed E-state index contributed by atoms with van der Waals surface area (Å²) in [7, 11) is 3.22. The molecule has 0 unspecified atom stereocenters. The molecule has 9 nitrogen and oxygen atoms in total. The molecule has 1 N–H and O–H groups in total. The number of para-hydroxylation sites is 2. The third kappa shape index (κ3) is 3.91. The lowest BCUT2D eigenvalue weighted by Crippen LogP contribution is -2.35. The number of methoxy groups -OCH3 is 1. The fourth-order valence-corrected chi connectivity index (χ4v) is 4.48. The summed E-state index contributed by atoms with van der Waals surface area (Å²) in [6.45, 7) is 2.13. The van der Waals surface area contributed by atoms with Gasteiger partial charge in [0.2, 0.25) is 5.91 Å². The van der Waals surface area contributed by atoms with Crippen molar-refractivity contribution in [3.8, 4) is 5.75 Å². The second-order valence-electron chi connectivity index (χ2n) is 8.58. The molecule has 0 radical (unpaired) electrons. The van der Waals surface area contributed by atoms with E-state index in [2.05, 4.69) is 9.97 Å². The van der Waals surface area contributed by atoms with Crippen molar-refractivity contribution in [1.29, 1.82) is 0 Å². The van der Waals surface area contributed by atoms with Crippen LogP contribution in [-0.4, -0.2) is 58.2 Å². The Hall–Kier alpha value is -4.75. The van der Waals surface area contributed by atoms with Crippen molar-refractivity contribution in [3.63, 3.8) is 0 Å². The lowest BCUT2D eigenvalue weighted by molar-refractivity contribution is -0.330. The molecule has 0 atom stereocenters. The van der Waals surface area contributed by atoms with E-state index in [-0.39, 0.29) is 11.5 Å². The molecule has 0 saturated heterocycles. The summed E-state index contributed by atoms with van der Waals surface area (Å²) in [4.78, 5) is 49.2. The molecule has 0 spiro atoms. The Morgan fingerprint density at radius 3 is 2.72 bits per heavy atom. The van der Waals surface area contributed by atoms with Crippen LogP contribution in [0.4, 0.5) is 17.1 Å². The van der Waals surface area contributed by atoms with E-state index < -0.39 is 5.91 Å². The van der Waals surface area contributed by atoms with E-state index in [1.54, 1.807) is 55.3 Å². The molecule has 180 valence electrons. The number of aromatic amines is 1. The molecular weight excluding hydrogens is 458 g/mol. The van der Waals surface area contributed by atoms with Crippen LogP contribution in [0.1, 0.15) is 21.7 Å². The molecular formula is C27H24N5O4+. The summed E-state index contributed by atoms with van der Waals surface area (Å²) in [5.74, 6) is 0.381. The van der Waals surface area contributed by atoms with Crippen LogP contribution in [0.3, 0.4) is 0 Å². The van der Waals surface area contributed by atoms with Gasteiger partial charge in [-0.1, -0.05) is 24.3 Å². The lowest BCUT2D eigenvalue weighted by atomic mass is 10.1. The highest BCUT2D eigenvalue weighted by atomic mass is 16.5. The zero-order valence-corrected chi connectivity index (χ0v) is 20.1. The Kier molecular flexibility index (Phi) is 5.83. The largest absolute Gasteiger partial charge is 0.496 e. The molecule has 5 rings (SSSR count). The molecule has 4 aromatic rings. The SMILES string of the molecule is COc1cc(N2CN(C)C(=O)Cc3ccccc32)ccc1C(=O)[N+](=C=O)c1cccc2[nH]c(C)nc12. The lowest BCUT2D eigenvalue weighted by Gasteiger charge is -2.28. The number of H-pyrrole nitrogens is 1. The number of aryl methyl sites for hydroxylation is 1. The Labute approximate surface area is 207 Å². The maximum Gasteiger partial charge on any atom is 0.440 e. The van der Waals surface area contributed by atoms with Crippen molar-refractivity contribution in [2.24, 2.45) is 0 Å². The van der Waals surface area contributed by atoms with Crippen molar-refractivity contribution < 1.29 is 23.7 Å². The standard InChI is InChI=1S/C27H24N5O4/c1-17-28-21-8-6-10-23(26(21)29-17)32(16-33)27(35)20-12-11-19(14-24(20)36-3)31-15-30(2)25(34)13-18-7-4-5-9-22(18)31/h4-12,14H,13,15H2,1-3H3,(H,28,29)/q+1. The number of nitrogens with zero attached hydrogens (tertiary/aromatic N) is 4. The number of fused-ring (bicyclic) bond motifs is 2. The quantitative estimate of drug-likeness (QED) is 0.270. The zero-order chi connectivity index (χ0) is 25.4. The predicted molar refractivity (Wildman–Crippen MR) is 134 cm³/mol. The molecule has 2 heterocycles. The van der Waals surface area contributed by atoms with E-state index in [4.69, 9.17) is 4.74 Å². The minimum absolute atomic E-state index is 0.0173. The van der Waals surface area contributed by atoms with E-state index in [0.29, 0.717) is 41.4 Å². The van der Waals surface area contributed by atoms with Crippen LogP contribution in [0.15, 0.2) is 60.7 Å². The number of nitrogens with one attached hydrogen (secondary N) is 1. The maximum absolute atomic E-state index is 13.5. The highest BCUT2D eigenvalue weighted by Gasteiger charge is 2.31. The molecule has 9 heteroatoms. The molecule has 0 aliphatic carbocycles. The van der Waals surface area contributed by atoms with Gasteiger partial charge in [-0.2, -0.15) is 4.79 Å². The Bertz CT molecular complexity index is 1570. The summed E-state index contributed by atoms with van der Waals surface area (Å²) < 4.78 is 6.49. The van der Waals surface area contributed by atoms with Crippen molar-refractivity contribution in [2.75, 3.05) is 25.7 Å². The molecule has 0 saturated carbocycles. The van der Waals surface area contributed by atoms with E-state index in [1.807, 2.05) is 35.2 Å². The van der Waals surface area contributed by atoms with Crippen molar-refractivity contribution in [3.05, 3.63) is 77.6 Å². The minimum atomic E-state index is -0.592. The fraction of sp³-hybridized carbons (Fsp3) is 0.185. The highest BCUT2D eigenvalue weighted by Crippen LogP contribution is 2.35. The normalized spacial score (nSPS) is 13.2. The number of rotatable bonds is 4. The van der Waals surface area contributed by atoms with Gasteiger partial charge in [0.15, 0.2) is 5.52 Å². The monoisotopic (exact) mass is 482 g/mol. The zero-order valence-electron chi connectivity index (χ0n) is 20.1. The second kappa shape index (κ2) is 9.13. The number of hydrogen-bond acceptors (Lipinski definition) is 6. The summed E-state index contributed by atoms with van der Waals surface area (Å²) in [6, 6.07) is 18.1. The minimum Gasteiger partial charge on any atom is -0.496 e. The van der Waals surface area contributed by atoms with Gasteiger partial charge in [-0.05, 0) is 41.3 Å². The number of isocyanates is 1. The van der Waals surface area contributed by atoms with E-state index in [1.165, 1.54) is 7.11 Å². The molecule has 1 aromatic heterocycles. The van der Waals surface area contributed by atoms with Gasteiger partial charge in [0.1, 0.15) is 17.1 Å². The number of imidazole rings is 1. The summed E-state index contributed by atoms with van der Waals surface area (Å²) in [5, 5.41) is 0. The second-order valence-corrected chi connectivity index (χ2v) is 8.58. The smallest absolute Gasteiger partial charge is 0.440 e. The summed E-state index contributed by atoms with van der Waals surface area (Å²) in [5.41, 5.74) is 4.28. The Balaban J connectivity index is 1.56. The molecule has 0 fully saturated rings. The van der Waals surface area contributed by atoms with Gasteiger partial charge in [-0.15, -0.1) is 0 Å². The average Bonchev–Trinajstić information content (AvgIpc) is 3.22. The number of amides is 2. The first-order valence-electron chi connectivity index (χ1n) is 11.4. The van der Waals surface area contributed by atoms with Gasteiger partial charge in [-0.3, -0.25) is 4.79 Å². The highest BCUT2D eigenvalue weighted by molar-refractivity contribution is 5.97. The number of likely N-dealkylation sites (N-methyl/N-ethyl adjacent to an activating group) is 1. The van der Waals surface area contributed by atoms with Crippen LogP contribution < -0.4 is 9.64 Å². The summed E-state index contributed by atoms with van der Waals surface area (Å²) >= 11 is 0. The van der Waals surface area contributed by atoms with Crippen LogP contribution in [0.5, 0.6) is 5.75 Å². The van der Waals surface area contributed by atoms with Crippen molar-refractivity contribution >= 4 is 46.0 Å². The third-order valence-electron chi connectivity index (χ3n) is 6.28. The average molecular weight is 483 g/mol. The van der Waals surface area contributed by atoms with Crippen LogP contribution in [0.2, 0.25) is 0 Å². The number of carbonyl (C=O) groups excluding carboxylic acids is 3. The summed E-state index contributed by atoms with van der Waals surface area (Å²) in [6.07, 6.45) is 2.05. The third-order valence-corrected chi connectivity index (χ3v) is 6.28. The van der Waals surface area contributed by atoms with Crippen LogP contribution in [-0.2, 0) is 16.0 Å². The van der Waals surface area contributed by atoms with Crippen LogP contribution in [0, 0.1) is 6.92 Å². The number of anilines is 2. The first-order chi connectivity index (χ1) is 17.4. The van der Waals surface area contributed by atoms with Crippen molar-refractivity contribution in [1.82, 2.24) is 14.9 Å². The van der Waals surface area contributed by atoms with Gasteiger partial charge in [-0.25, -0.2) is 9.78 Å². The predicted octanol–water partition coefficient (Wildman–Crippen LogP) is 3.81. The number of hydrogen-bond donors (Lipinski definition) is 1. The first-order valence-corrected chi connectivity index (χ1v) is 11.4. The van der Waals surface area contributed by atoms with E-state index in [9.17, 15) is 14.4 Å². The first kappa shape index (κ1) is 23.0. The van der Waals surface area contributed by atoms with Crippen LogP contribution >= 0.6 is 0 Å². The van der Waals surface area contributed by atoms with Gasteiger partial charge in [0, 0.05) is 30.6 Å². The molecule has 36 heavy (non-hydrogen) atoms. The van der Waals surface area contributed by atoms with E-state index in [0.717, 1.165) is 21.5 Å². The number of carbonyl (C=O) groups is 2. The molecule has 2 amide bonds. The number of ether oxygens (including phenoxy) is 1. The number of benzene rings is 3. The Morgan fingerprint density at radius 1 is 1.14 bits per heavy atom. The molecule has 1 aliphatic rings. The van der Waals surface area contributed by atoms with Crippen LogP contribution in [0.25, 0.3) is 11.0 Å². The van der Waals surface area contributed by atoms with Gasteiger partial charge in [0.05, 0.1) is 25.7 Å². The Morgan fingerprint density at radius 2 is 1.94 bits per heavy atom. The molecule has 0 bridgehead atoms. The van der Waals surface area contributed by atoms with Gasteiger partial charge < -0.3 is 19.5 Å². The molecule has 3 aromatic carbocycles. The molecule has 1 aliphatic heterocycles. The fourth-order valence-electron chi connectivity index (χ4n) is 4.48.